The van der Waals surface area contributed by atoms with Gasteiger partial charge in [-0.3, -0.25) is 4.79 Å². The molecule has 3 heterocycles. The van der Waals surface area contributed by atoms with Crippen molar-refractivity contribution in [3.05, 3.63) is 65.2 Å². The summed E-state index contributed by atoms with van der Waals surface area (Å²) < 4.78 is 18.1. The number of pyridine rings is 1. The van der Waals surface area contributed by atoms with Gasteiger partial charge in [0, 0.05) is 43.8 Å². The van der Waals surface area contributed by atoms with E-state index in [0.29, 0.717) is 42.8 Å². The van der Waals surface area contributed by atoms with E-state index in [1.165, 1.54) is 0 Å². The molecule has 0 bridgehead atoms. The van der Waals surface area contributed by atoms with Crippen LogP contribution in [0.5, 0.6) is 11.5 Å². The summed E-state index contributed by atoms with van der Waals surface area (Å²) >= 11 is 0. The second-order valence-electron chi connectivity index (χ2n) is 9.23. The molecule has 0 radical (unpaired) electrons. The standard InChI is InChI=1S/C28H31N5O4/c1-18-8-5-6-9-23(18)28-22(12-21-13-25-26(37-17-36-25)14-24(21)30-28)15-32(10-7-11-35-4)27(34)16-33-20(3)29-19(2)31-33/h5-6,8-9,12-14H,7,10-11,15-17H2,1-4H3. The van der Waals surface area contributed by atoms with Crippen molar-refractivity contribution in [2.24, 2.45) is 0 Å². The molecular formula is C28H31N5O4. The minimum Gasteiger partial charge on any atom is -0.454 e. The molecule has 2 aromatic heterocycles. The van der Waals surface area contributed by atoms with Crippen LogP contribution in [0.3, 0.4) is 0 Å². The van der Waals surface area contributed by atoms with E-state index in [1.807, 2.05) is 43.0 Å². The Hall–Kier alpha value is -3.98. The molecule has 1 aliphatic rings. The van der Waals surface area contributed by atoms with E-state index >= 15 is 0 Å². The molecule has 0 fully saturated rings. The van der Waals surface area contributed by atoms with Gasteiger partial charge in [-0.05, 0) is 50.5 Å². The Morgan fingerprint density at radius 1 is 1.08 bits per heavy atom. The number of amides is 1. The van der Waals surface area contributed by atoms with Crippen molar-refractivity contribution in [1.82, 2.24) is 24.6 Å². The Kier molecular flexibility index (Phi) is 7.05. The predicted octanol–water partition coefficient (Wildman–Crippen LogP) is 4.21. The van der Waals surface area contributed by atoms with Gasteiger partial charge >= 0.3 is 0 Å². The second-order valence-corrected chi connectivity index (χ2v) is 9.23. The first-order valence-corrected chi connectivity index (χ1v) is 12.4. The summed E-state index contributed by atoms with van der Waals surface area (Å²) in [5.41, 5.74) is 4.77. The van der Waals surface area contributed by atoms with Crippen molar-refractivity contribution in [2.45, 2.75) is 40.3 Å². The molecular weight excluding hydrogens is 470 g/mol. The molecule has 0 unspecified atom stereocenters. The Morgan fingerprint density at radius 3 is 2.59 bits per heavy atom. The average Bonchev–Trinajstić information content (AvgIpc) is 3.46. The van der Waals surface area contributed by atoms with Gasteiger partial charge in [0.1, 0.15) is 18.2 Å². The van der Waals surface area contributed by atoms with Crippen LogP contribution >= 0.6 is 0 Å². The molecule has 4 aromatic rings. The van der Waals surface area contributed by atoms with Crippen molar-refractivity contribution in [3.8, 4) is 22.8 Å². The van der Waals surface area contributed by atoms with E-state index < -0.39 is 0 Å². The lowest BCUT2D eigenvalue weighted by Gasteiger charge is -2.25. The summed E-state index contributed by atoms with van der Waals surface area (Å²) in [6.45, 7) is 7.59. The Morgan fingerprint density at radius 2 is 1.86 bits per heavy atom. The van der Waals surface area contributed by atoms with Crippen LogP contribution in [0.25, 0.3) is 22.2 Å². The molecule has 192 valence electrons. The predicted molar refractivity (Wildman–Crippen MR) is 139 cm³/mol. The molecule has 0 aliphatic carbocycles. The van der Waals surface area contributed by atoms with Gasteiger partial charge in [-0.1, -0.05) is 24.3 Å². The first-order valence-electron chi connectivity index (χ1n) is 12.4. The molecule has 0 spiro atoms. The zero-order valence-electron chi connectivity index (χ0n) is 21.7. The molecule has 2 aromatic carbocycles. The fourth-order valence-corrected chi connectivity index (χ4v) is 4.64. The van der Waals surface area contributed by atoms with Crippen LogP contribution in [0.4, 0.5) is 0 Å². The number of rotatable bonds is 9. The van der Waals surface area contributed by atoms with Crippen LogP contribution in [0, 0.1) is 20.8 Å². The largest absolute Gasteiger partial charge is 0.454 e. The van der Waals surface area contributed by atoms with Crippen LogP contribution in [0.15, 0.2) is 42.5 Å². The van der Waals surface area contributed by atoms with Gasteiger partial charge < -0.3 is 19.1 Å². The highest BCUT2D eigenvalue weighted by Crippen LogP contribution is 2.38. The number of benzene rings is 2. The summed E-state index contributed by atoms with van der Waals surface area (Å²) in [5.74, 6) is 2.72. The molecule has 1 amide bonds. The molecule has 9 heteroatoms. The molecule has 0 saturated carbocycles. The minimum absolute atomic E-state index is 0.0365. The van der Waals surface area contributed by atoms with Crippen molar-refractivity contribution in [3.63, 3.8) is 0 Å². The van der Waals surface area contributed by atoms with E-state index in [9.17, 15) is 4.79 Å². The number of aromatic nitrogens is 4. The monoisotopic (exact) mass is 501 g/mol. The summed E-state index contributed by atoms with van der Waals surface area (Å²) in [5, 5.41) is 5.32. The number of ether oxygens (including phenoxy) is 3. The number of hydrogen-bond donors (Lipinski definition) is 0. The van der Waals surface area contributed by atoms with Crippen LogP contribution in [0.1, 0.15) is 29.2 Å². The molecule has 0 saturated heterocycles. The Balaban J connectivity index is 1.55. The maximum atomic E-state index is 13.5. The highest BCUT2D eigenvalue weighted by atomic mass is 16.7. The third-order valence-electron chi connectivity index (χ3n) is 6.53. The zero-order chi connectivity index (χ0) is 25.9. The molecule has 1 aliphatic heterocycles. The van der Waals surface area contributed by atoms with Crippen LogP contribution < -0.4 is 9.47 Å². The first kappa shape index (κ1) is 24.7. The van der Waals surface area contributed by atoms with Gasteiger partial charge in [0.15, 0.2) is 11.5 Å². The smallest absolute Gasteiger partial charge is 0.244 e. The molecule has 0 atom stereocenters. The van der Waals surface area contributed by atoms with Gasteiger partial charge in [0.05, 0.1) is 11.2 Å². The number of carbonyl (C=O) groups is 1. The van der Waals surface area contributed by atoms with E-state index in [1.54, 1.807) is 11.8 Å². The van der Waals surface area contributed by atoms with Gasteiger partial charge in [-0.2, -0.15) is 5.10 Å². The van der Waals surface area contributed by atoms with Crippen molar-refractivity contribution >= 4 is 16.8 Å². The Bertz CT molecular complexity index is 1450. The normalized spacial score (nSPS) is 12.3. The third kappa shape index (κ3) is 5.27. The number of hydrogen-bond acceptors (Lipinski definition) is 7. The lowest BCUT2D eigenvalue weighted by molar-refractivity contribution is -0.132. The number of fused-ring (bicyclic) bond motifs is 2. The van der Waals surface area contributed by atoms with Gasteiger partial charge in [0.2, 0.25) is 12.7 Å². The van der Waals surface area contributed by atoms with E-state index in [-0.39, 0.29) is 19.2 Å². The van der Waals surface area contributed by atoms with E-state index in [0.717, 1.165) is 39.7 Å². The highest BCUT2D eigenvalue weighted by molar-refractivity contribution is 5.87. The summed E-state index contributed by atoms with van der Waals surface area (Å²) in [7, 11) is 1.67. The third-order valence-corrected chi connectivity index (χ3v) is 6.53. The Labute approximate surface area is 216 Å². The SMILES string of the molecule is COCCCN(Cc1cc2cc3c(cc2nc1-c1ccccc1C)OCO3)C(=O)Cn1nc(C)nc1C. The fourth-order valence-electron chi connectivity index (χ4n) is 4.64. The lowest BCUT2D eigenvalue weighted by atomic mass is 9.99. The zero-order valence-corrected chi connectivity index (χ0v) is 21.7. The molecule has 37 heavy (non-hydrogen) atoms. The molecule has 9 nitrogen and oxygen atoms in total. The van der Waals surface area contributed by atoms with Crippen molar-refractivity contribution < 1.29 is 19.0 Å². The average molecular weight is 502 g/mol. The van der Waals surface area contributed by atoms with E-state index in [2.05, 4.69) is 35.2 Å². The maximum absolute atomic E-state index is 13.5. The number of nitrogens with zero attached hydrogens (tertiary/aromatic N) is 5. The van der Waals surface area contributed by atoms with Crippen LogP contribution in [-0.2, 0) is 22.6 Å². The van der Waals surface area contributed by atoms with E-state index in [4.69, 9.17) is 19.2 Å². The van der Waals surface area contributed by atoms with Gasteiger partial charge in [0.25, 0.3) is 0 Å². The fraction of sp³-hybridized carbons (Fsp3) is 0.357. The summed E-state index contributed by atoms with van der Waals surface area (Å²) in [6, 6.07) is 14.1. The van der Waals surface area contributed by atoms with Gasteiger partial charge in [-0.25, -0.2) is 14.6 Å². The van der Waals surface area contributed by atoms with Crippen molar-refractivity contribution in [2.75, 3.05) is 27.1 Å². The van der Waals surface area contributed by atoms with Gasteiger partial charge in [-0.15, -0.1) is 0 Å². The maximum Gasteiger partial charge on any atom is 0.244 e. The summed E-state index contributed by atoms with van der Waals surface area (Å²) in [6.07, 6.45) is 0.719. The lowest BCUT2D eigenvalue weighted by Crippen LogP contribution is -2.35. The number of carbonyl (C=O) groups excluding carboxylic acids is 1. The second kappa shape index (κ2) is 10.6. The minimum atomic E-state index is -0.0365. The molecule has 5 rings (SSSR count). The quantitative estimate of drug-likeness (QED) is 0.317. The summed E-state index contributed by atoms with van der Waals surface area (Å²) in [4.78, 5) is 24.8. The number of aryl methyl sites for hydroxylation is 3. The molecule has 0 N–H and O–H groups in total. The van der Waals surface area contributed by atoms with Crippen molar-refractivity contribution in [1.29, 1.82) is 0 Å². The van der Waals surface area contributed by atoms with Crippen LogP contribution in [-0.4, -0.2) is 57.6 Å². The number of methoxy groups -OCH3 is 1. The highest BCUT2D eigenvalue weighted by Gasteiger charge is 2.22. The topological polar surface area (TPSA) is 91.6 Å². The van der Waals surface area contributed by atoms with Crippen LogP contribution in [0.2, 0.25) is 0 Å². The first-order chi connectivity index (χ1) is 17.9.